The predicted molar refractivity (Wildman–Crippen MR) is 83.9 cm³/mol. The maximum Gasteiger partial charge on any atom is 0.309 e. The molecule has 1 N–H and O–H groups in total. The molecule has 0 saturated carbocycles. The summed E-state index contributed by atoms with van der Waals surface area (Å²) >= 11 is 0. The van der Waals surface area contributed by atoms with Crippen LogP contribution in [0.4, 0.5) is 0 Å². The second-order valence-electron chi connectivity index (χ2n) is 5.87. The number of methoxy groups -OCH3 is 1. The minimum absolute atomic E-state index is 0.0719. The molecule has 1 aromatic rings. The number of hydrogen-bond acceptors (Lipinski definition) is 4. The third-order valence-electron chi connectivity index (χ3n) is 4.15. The Morgan fingerprint density at radius 3 is 2.62 bits per heavy atom. The van der Waals surface area contributed by atoms with Crippen molar-refractivity contribution in [1.29, 1.82) is 0 Å². The van der Waals surface area contributed by atoms with Gasteiger partial charge in [-0.15, -0.1) is 0 Å². The third kappa shape index (κ3) is 5.14. The molecule has 0 radical (unpaired) electrons. The van der Waals surface area contributed by atoms with Crippen LogP contribution in [0, 0.1) is 5.92 Å². The average molecular weight is 290 g/mol. The summed E-state index contributed by atoms with van der Waals surface area (Å²) in [6, 6.07) is 11.1. The van der Waals surface area contributed by atoms with Crippen LogP contribution in [0.5, 0.6) is 0 Å². The number of nitrogens with zero attached hydrogens (tertiary/aromatic N) is 1. The maximum atomic E-state index is 11.4. The maximum absolute atomic E-state index is 11.4. The summed E-state index contributed by atoms with van der Waals surface area (Å²) in [6.07, 6.45) is 2.28. The molecular formula is C17H26N2O2. The van der Waals surface area contributed by atoms with Crippen molar-refractivity contribution in [2.24, 2.45) is 5.92 Å². The molecule has 1 fully saturated rings. The number of esters is 1. The van der Waals surface area contributed by atoms with E-state index in [0.717, 1.165) is 32.5 Å². The van der Waals surface area contributed by atoms with Gasteiger partial charge in [-0.25, -0.2) is 0 Å². The Bertz CT molecular complexity index is 428. The van der Waals surface area contributed by atoms with Gasteiger partial charge in [0.15, 0.2) is 0 Å². The summed E-state index contributed by atoms with van der Waals surface area (Å²) in [6.45, 7) is 5.86. The van der Waals surface area contributed by atoms with E-state index in [1.54, 1.807) is 0 Å². The first-order chi connectivity index (χ1) is 10.2. The van der Waals surface area contributed by atoms with Gasteiger partial charge in [0.25, 0.3) is 0 Å². The van der Waals surface area contributed by atoms with Crippen molar-refractivity contribution in [3.8, 4) is 0 Å². The number of carbonyl (C=O) groups excluding carboxylic acids is 1. The zero-order valence-corrected chi connectivity index (χ0v) is 13.0. The van der Waals surface area contributed by atoms with Crippen LogP contribution < -0.4 is 5.32 Å². The molecule has 1 unspecified atom stereocenters. The quantitative estimate of drug-likeness (QED) is 0.814. The largest absolute Gasteiger partial charge is 0.469 e. The van der Waals surface area contributed by atoms with E-state index in [9.17, 15) is 4.79 Å². The van der Waals surface area contributed by atoms with Crippen molar-refractivity contribution >= 4 is 5.97 Å². The lowest BCUT2D eigenvalue weighted by molar-refractivity contribution is -0.144. The fourth-order valence-electron chi connectivity index (χ4n) is 2.76. The van der Waals surface area contributed by atoms with Gasteiger partial charge in [-0.2, -0.15) is 0 Å². The molecule has 0 amide bonds. The molecule has 0 aliphatic carbocycles. The lowest BCUT2D eigenvalue weighted by atomic mass is 10.0. The Morgan fingerprint density at radius 2 is 2.00 bits per heavy atom. The van der Waals surface area contributed by atoms with Crippen molar-refractivity contribution in [3.63, 3.8) is 0 Å². The Balaban J connectivity index is 1.67. The fraction of sp³-hybridized carbons (Fsp3) is 0.588. The molecule has 1 aliphatic rings. The molecule has 2 rings (SSSR count). The van der Waals surface area contributed by atoms with Crippen LogP contribution in [0.15, 0.2) is 30.3 Å². The molecule has 1 saturated heterocycles. The monoisotopic (exact) mass is 290 g/mol. The number of hydrogen-bond donors (Lipinski definition) is 1. The minimum atomic E-state index is -0.135. The molecule has 0 aromatic heterocycles. The van der Waals surface area contributed by atoms with E-state index in [0.29, 0.717) is 12.6 Å². The number of likely N-dealkylation sites (tertiary alicyclic amines) is 1. The van der Waals surface area contributed by atoms with Crippen molar-refractivity contribution < 1.29 is 9.53 Å². The highest BCUT2D eigenvalue weighted by Gasteiger charge is 2.20. The van der Waals surface area contributed by atoms with Gasteiger partial charge in [-0.05, 0) is 31.5 Å². The van der Waals surface area contributed by atoms with Gasteiger partial charge in [0.05, 0.1) is 13.0 Å². The lowest BCUT2D eigenvalue weighted by Gasteiger charge is -2.32. The zero-order valence-electron chi connectivity index (χ0n) is 13.0. The second-order valence-corrected chi connectivity index (χ2v) is 5.87. The van der Waals surface area contributed by atoms with Gasteiger partial charge in [0.2, 0.25) is 0 Å². The standard InChI is InChI=1S/C17H26N2O2/c1-14(17(20)21-2)12-18-16-8-10-19(11-9-16)13-15-6-4-3-5-7-15/h3-7,14,16,18H,8-13H2,1-2H3. The third-order valence-corrected chi connectivity index (χ3v) is 4.15. The van der Waals surface area contributed by atoms with E-state index in [2.05, 4.69) is 40.5 Å². The predicted octanol–water partition coefficient (Wildman–Crippen LogP) is 2.05. The van der Waals surface area contributed by atoms with E-state index < -0.39 is 0 Å². The number of benzene rings is 1. The first-order valence-corrected chi connectivity index (χ1v) is 7.76. The van der Waals surface area contributed by atoms with Gasteiger partial charge in [-0.1, -0.05) is 37.3 Å². The topological polar surface area (TPSA) is 41.6 Å². The van der Waals surface area contributed by atoms with Gasteiger partial charge in [0.1, 0.15) is 0 Å². The highest BCUT2D eigenvalue weighted by atomic mass is 16.5. The second kappa shape index (κ2) is 8.15. The van der Waals surface area contributed by atoms with E-state index in [1.165, 1.54) is 12.7 Å². The summed E-state index contributed by atoms with van der Waals surface area (Å²) in [5, 5.41) is 3.49. The van der Waals surface area contributed by atoms with Crippen LogP contribution in [0.2, 0.25) is 0 Å². The van der Waals surface area contributed by atoms with Crippen LogP contribution in [0.3, 0.4) is 0 Å². The molecular weight excluding hydrogens is 264 g/mol. The molecule has 4 heteroatoms. The summed E-state index contributed by atoms with van der Waals surface area (Å²) in [7, 11) is 1.45. The number of carbonyl (C=O) groups is 1. The normalized spacial score (nSPS) is 18.4. The number of ether oxygens (including phenoxy) is 1. The van der Waals surface area contributed by atoms with E-state index >= 15 is 0 Å². The van der Waals surface area contributed by atoms with Gasteiger partial charge in [-0.3, -0.25) is 9.69 Å². The molecule has 21 heavy (non-hydrogen) atoms. The number of piperidine rings is 1. The Morgan fingerprint density at radius 1 is 1.33 bits per heavy atom. The Labute approximate surface area is 127 Å². The van der Waals surface area contributed by atoms with Crippen LogP contribution in [-0.2, 0) is 16.1 Å². The minimum Gasteiger partial charge on any atom is -0.469 e. The van der Waals surface area contributed by atoms with Gasteiger partial charge < -0.3 is 10.1 Å². The van der Waals surface area contributed by atoms with E-state index in [1.807, 2.05) is 6.92 Å². The summed E-state index contributed by atoms with van der Waals surface area (Å²) in [4.78, 5) is 13.9. The highest BCUT2D eigenvalue weighted by molar-refractivity contribution is 5.72. The molecule has 0 bridgehead atoms. The smallest absolute Gasteiger partial charge is 0.309 e. The molecule has 4 nitrogen and oxygen atoms in total. The van der Waals surface area contributed by atoms with E-state index in [-0.39, 0.29) is 11.9 Å². The Hall–Kier alpha value is -1.39. The van der Waals surface area contributed by atoms with Crippen LogP contribution in [0.1, 0.15) is 25.3 Å². The van der Waals surface area contributed by atoms with Gasteiger partial charge in [0, 0.05) is 19.1 Å². The summed E-state index contributed by atoms with van der Waals surface area (Å²) in [5.41, 5.74) is 1.38. The summed E-state index contributed by atoms with van der Waals surface area (Å²) in [5.74, 6) is -0.207. The summed E-state index contributed by atoms with van der Waals surface area (Å²) < 4.78 is 4.75. The molecule has 0 spiro atoms. The van der Waals surface area contributed by atoms with Crippen LogP contribution >= 0.6 is 0 Å². The zero-order chi connectivity index (χ0) is 15.1. The molecule has 1 aliphatic heterocycles. The average Bonchev–Trinajstić information content (AvgIpc) is 2.54. The number of nitrogens with one attached hydrogen (secondary N) is 1. The number of rotatable bonds is 6. The van der Waals surface area contributed by atoms with E-state index in [4.69, 9.17) is 4.74 Å². The van der Waals surface area contributed by atoms with Crippen LogP contribution in [-0.4, -0.2) is 43.7 Å². The fourth-order valence-corrected chi connectivity index (χ4v) is 2.76. The first kappa shape index (κ1) is 16.0. The molecule has 1 heterocycles. The van der Waals surface area contributed by atoms with Gasteiger partial charge >= 0.3 is 5.97 Å². The molecule has 116 valence electrons. The molecule has 1 aromatic carbocycles. The van der Waals surface area contributed by atoms with Crippen LogP contribution in [0.25, 0.3) is 0 Å². The SMILES string of the molecule is COC(=O)C(C)CNC1CCN(Cc2ccccc2)CC1. The van der Waals surface area contributed by atoms with Crippen molar-refractivity contribution in [2.45, 2.75) is 32.4 Å². The molecule has 1 atom stereocenters. The lowest BCUT2D eigenvalue weighted by Crippen LogP contribution is -2.44. The highest BCUT2D eigenvalue weighted by Crippen LogP contribution is 2.14. The van der Waals surface area contributed by atoms with Crippen molar-refractivity contribution in [1.82, 2.24) is 10.2 Å². The van der Waals surface area contributed by atoms with Crippen molar-refractivity contribution in [3.05, 3.63) is 35.9 Å². The first-order valence-electron chi connectivity index (χ1n) is 7.76. The van der Waals surface area contributed by atoms with Crippen molar-refractivity contribution in [2.75, 3.05) is 26.7 Å². The Kier molecular flexibility index (Phi) is 6.21.